The number of hydrogen-bond acceptors (Lipinski definition) is 2. The first-order chi connectivity index (χ1) is 8.29. The molecule has 102 valence electrons. The van der Waals surface area contributed by atoms with Gasteiger partial charge in [0, 0.05) is 19.3 Å². The Bertz CT molecular complexity index is 166. The van der Waals surface area contributed by atoms with E-state index in [1.807, 2.05) is 0 Å². The summed E-state index contributed by atoms with van der Waals surface area (Å²) in [4.78, 5) is 0. The van der Waals surface area contributed by atoms with Crippen molar-refractivity contribution < 1.29 is 4.74 Å². The van der Waals surface area contributed by atoms with Crippen molar-refractivity contribution in [1.29, 1.82) is 0 Å². The van der Waals surface area contributed by atoms with Crippen LogP contribution in [-0.2, 0) is 4.74 Å². The standard InChI is InChI=1S/C15H31NO/c1-14(2)16-11-5-3-4-6-12-17-13-10-15-8-7-9-15/h14-16H,3-13H2,1-2H3. The third-order valence-electron chi connectivity index (χ3n) is 3.66. The summed E-state index contributed by atoms with van der Waals surface area (Å²) in [5.74, 6) is 0.997. The predicted molar refractivity (Wildman–Crippen MR) is 74.4 cm³/mol. The zero-order valence-corrected chi connectivity index (χ0v) is 11.8. The van der Waals surface area contributed by atoms with E-state index in [1.165, 1.54) is 57.9 Å². The van der Waals surface area contributed by atoms with Gasteiger partial charge in [-0.25, -0.2) is 0 Å². The molecule has 0 unspecified atom stereocenters. The van der Waals surface area contributed by atoms with Gasteiger partial charge in [0.1, 0.15) is 0 Å². The van der Waals surface area contributed by atoms with Gasteiger partial charge in [0.15, 0.2) is 0 Å². The van der Waals surface area contributed by atoms with Crippen LogP contribution < -0.4 is 5.32 Å². The molecule has 0 aromatic rings. The van der Waals surface area contributed by atoms with Gasteiger partial charge in [0.05, 0.1) is 0 Å². The van der Waals surface area contributed by atoms with Crippen molar-refractivity contribution in [1.82, 2.24) is 5.32 Å². The summed E-state index contributed by atoms with van der Waals surface area (Å²) in [6.45, 7) is 7.55. The molecule has 1 aliphatic rings. The summed E-state index contributed by atoms with van der Waals surface area (Å²) < 4.78 is 5.67. The highest BCUT2D eigenvalue weighted by atomic mass is 16.5. The molecule has 1 saturated carbocycles. The van der Waals surface area contributed by atoms with Crippen molar-refractivity contribution in [2.45, 2.75) is 71.3 Å². The number of unbranched alkanes of at least 4 members (excludes halogenated alkanes) is 3. The molecule has 0 aromatic carbocycles. The topological polar surface area (TPSA) is 21.3 Å². The van der Waals surface area contributed by atoms with Gasteiger partial charge in [0.25, 0.3) is 0 Å². The Morgan fingerprint density at radius 1 is 1.06 bits per heavy atom. The number of nitrogens with one attached hydrogen (secondary N) is 1. The lowest BCUT2D eigenvalue weighted by Gasteiger charge is -2.24. The van der Waals surface area contributed by atoms with E-state index in [2.05, 4.69) is 19.2 Å². The fourth-order valence-corrected chi connectivity index (χ4v) is 2.21. The molecule has 0 amide bonds. The summed E-state index contributed by atoms with van der Waals surface area (Å²) in [5, 5.41) is 3.45. The van der Waals surface area contributed by atoms with E-state index in [0.29, 0.717) is 6.04 Å². The molecule has 1 N–H and O–H groups in total. The van der Waals surface area contributed by atoms with Gasteiger partial charge in [-0.3, -0.25) is 0 Å². The molecule has 0 spiro atoms. The van der Waals surface area contributed by atoms with E-state index < -0.39 is 0 Å². The van der Waals surface area contributed by atoms with E-state index in [1.54, 1.807) is 0 Å². The Morgan fingerprint density at radius 3 is 2.47 bits per heavy atom. The zero-order chi connectivity index (χ0) is 12.3. The number of ether oxygens (including phenoxy) is 1. The van der Waals surface area contributed by atoms with Crippen LogP contribution in [0.2, 0.25) is 0 Å². The minimum atomic E-state index is 0.629. The Balaban J connectivity index is 1.66. The van der Waals surface area contributed by atoms with E-state index in [-0.39, 0.29) is 0 Å². The van der Waals surface area contributed by atoms with Crippen molar-refractivity contribution in [2.24, 2.45) is 5.92 Å². The average molecular weight is 241 g/mol. The van der Waals surface area contributed by atoms with Crippen LogP contribution in [0.15, 0.2) is 0 Å². The van der Waals surface area contributed by atoms with Crippen LogP contribution in [0.1, 0.15) is 65.2 Å². The van der Waals surface area contributed by atoms with Gasteiger partial charge in [-0.2, -0.15) is 0 Å². The first kappa shape index (κ1) is 15.0. The van der Waals surface area contributed by atoms with Crippen LogP contribution in [0, 0.1) is 5.92 Å². The summed E-state index contributed by atoms with van der Waals surface area (Å²) in [6, 6.07) is 0.629. The summed E-state index contributed by atoms with van der Waals surface area (Å²) in [7, 11) is 0. The first-order valence-electron chi connectivity index (χ1n) is 7.60. The second-order valence-electron chi connectivity index (χ2n) is 5.72. The van der Waals surface area contributed by atoms with Crippen LogP contribution in [-0.4, -0.2) is 25.8 Å². The monoisotopic (exact) mass is 241 g/mol. The van der Waals surface area contributed by atoms with Gasteiger partial charge in [-0.1, -0.05) is 46.0 Å². The van der Waals surface area contributed by atoms with Gasteiger partial charge >= 0.3 is 0 Å². The lowest BCUT2D eigenvalue weighted by Crippen LogP contribution is -2.23. The minimum absolute atomic E-state index is 0.629. The Hall–Kier alpha value is -0.0800. The maximum absolute atomic E-state index is 5.67. The Morgan fingerprint density at radius 2 is 1.82 bits per heavy atom. The number of rotatable bonds is 11. The van der Waals surface area contributed by atoms with E-state index >= 15 is 0 Å². The molecule has 0 atom stereocenters. The highest BCUT2D eigenvalue weighted by molar-refractivity contribution is 4.68. The third-order valence-corrected chi connectivity index (χ3v) is 3.66. The van der Waals surface area contributed by atoms with Crippen LogP contribution >= 0.6 is 0 Å². The second kappa shape index (κ2) is 9.90. The molecule has 0 aliphatic heterocycles. The molecule has 1 aliphatic carbocycles. The molecule has 2 heteroatoms. The lowest BCUT2D eigenvalue weighted by atomic mass is 9.83. The molecule has 1 rings (SSSR count). The fraction of sp³-hybridized carbons (Fsp3) is 1.00. The highest BCUT2D eigenvalue weighted by Gasteiger charge is 2.16. The van der Waals surface area contributed by atoms with Gasteiger partial charge < -0.3 is 10.1 Å². The summed E-state index contributed by atoms with van der Waals surface area (Å²) >= 11 is 0. The molecular weight excluding hydrogens is 210 g/mol. The second-order valence-corrected chi connectivity index (χ2v) is 5.72. The molecule has 0 radical (unpaired) electrons. The first-order valence-corrected chi connectivity index (χ1v) is 7.60. The van der Waals surface area contributed by atoms with Crippen LogP contribution in [0.5, 0.6) is 0 Å². The fourth-order valence-electron chi connectivity index (χ4n) is 2.21. The molecule has 0 aromatic heterocycles. The molecule has 0 saturated heterocycles. The third kappa shape index (κ3) is 8.62. The summed E-state index contributed by atoms with van der Waals surface area (Å²) in [5.41, 5.74) is 0. The normalized spacial score (nSPS) is 16.4. The largest absolute Gasteiger partial charge is 0.381 e. The Labute approximate surface area is 108 Å². The molecular formula is C15H31NO. The van der Waals surface area contributed by atoms with Crippen molar-refractivity contribution in [2.75, 3.05) is 19.8 Å². The maximum Gasteiger partial charge on any atom is 0.0468 e. The summed E-state index contributed by atoms with van der Waals surface area (Å²) in [6.07, 6.45) is 10.9. The minimum Gasteiger partial charge on any atom is -0.381 e. The van der Waals surface area contributed by atoms with Crippen molar-refractivity contribution in [3.8, 4) is 0 Å². The smallest absolute Gasteiger partial charge is 0.0468 e. The highest BCUT2D eigenvalue weighted by Crippen LogP contribution is 2.29. The molecule has 1 fully saturated rings. The van der Waals surface area contributed by atoms with Crippen LogP contribution in [0.4, 0.5) is 0 Å². The van der Waals surface area contributed by atoms with Crippen molar-refractivity contribution >= 4 is 0 Å². The predicted octanol–water partition coefficient (Wildman–Crippen LogP) is 3.75. The molecule has 0 heterocycles. The van der Waals surface area contributed by atoms with Crippen molar-refractivity contribution in [3.05, 3.63) is 0 Å². The van der Waals surface area contributed by atoms with E-state index in [4.69, 9.17) is 4.74 Å². The van der Waals surface area contributed by atoms with E-state index in [9.17, 15) is 0 Å². The quantitative estimate of drug-likeness (QED) is 0.556. The Kier molecular flexibility index (Phi) is 8.72. The number of hydrogen-bond donors (Lipinski definition) is 1. The van der Waals surface area contributed by atoms with Crippen LogP contribution in [0.25, 0.3) is 0 Å². The van der Waals surface area contributed by atoms with Gasteiger partial charge in [-0.15, -0.1) is 0 Å². The molecule has 2 nitrogen and oxygen atoms in total. The van der Waals surface area contributed by atoms with Crippen molar-refractivity contribution in [3.63, 3.8) is 0 Å². The van der Waals surface area contributed by atoms with Gasteiger partial charge in [0.2, 0.25) is 0 Å². The SMILES string of the molecule is CC(C)NCCCCCCOCCC1CCC1. The van der Waals surface area contributed by atoms with Gasteiger partial charge in [-0.05, 0) is 31.7 Å². The molecule has 0 bridgehead atoms. The zero-order valence-electron chi connectivity index (χ0n) is 11.8. The lowest BCUT2D eigenvalue weighted by molar-refractivity contribution is 0.103. The van der Waals surface area contributed by atoms with E-state index in [0.717, 1.165) is 19.1 Å². The van der Waals surface area contributed by atoms with Crippen LogP contribution in [0.3, 0.4) is 0 Å². The molecule has 17 heavy (non-hydrogen) atoms. The maximum atomic E-state index is 5.67. The average Bonchev–Trinajstić information content (AvgIpc) is 2.23.